The van der Waals surface area contributed by atoms with Gasteiger partial charge in [-0.05, 0) is 33.1 Å². The molecule has 5 nitrogen and oxygen atoms in total. The molecule has 0 aliphatic carbocycles. The molecular weight excluding hydrogens is 234 g/mol. The number of nitrogens with zero attached hydrogens (tertiary/aromatic N) is 1. The Labute approximate surface area is 108 Å². The molecule has 1 aliphatic heterocycles. The van der Waals surface area contributed by atoms with Crippen molar-refractivity contribution in [3.8, 4) is 0 Å². The van der Waals surface area contributed by atoms with Crippen LogP contribution in [-0.4, -0.2) is 49.2 Å². The molecule has 0 aromatic carbocycles. The number of esters is 1. The van der Waals surface area contributed by atoms with E-state index in [-0.39, 0.29) is 24.5 Å². The smallest absolute Gasteiger partial charge is 0.325 e. The average Bonchev–Trinajstić information content (AvgIpc) is 2.86. The third-order valence-corrected chi connectivity index (χ3v) is 3.06. The number of hydrogen-bond donors (Lipinski definition) is 0. The molecule has 0 N–H and O–H groups in total. The van der Waals surface area contributed by atoms with E-state index in [0.29, 0.717) is 19.6 Å². The van der Waals surface area contributed by atoms with Crippen molar-refractivity contribution in [2.45, 2.75) is 45.6 Å². The van der Waals surface area contributed by atoms with E-state index in [1.807, 2.05) is 6.92 Å². The maximum absolute atomic E-state index is 11.9. The van der Waals surface area contributed by atoms with E-state index < -0.39 is 0 Å². The van der Waals surface area contributed by atoms with E-state index in [1.165, 1.54) is 4.90 Å². The number of ether oxygens (including phenoxy) is 2. The van der Waals surface area contributed by atoms with Crippen molar-refractivity contribution in [1.29, 1.82) is 0 Å². The predicted molar refractivity (Wildman–Crippen MR) is 67.1 cm³/mol. The first-order valence-electron chi connectivity index (χ1n) is 6.72. The summed E-state index contributed by atoms with van der Waals surface area (Å²) in [6.07, 6.45) is 3.53. The first-order chi connectivity index (χ1) is 8.67. The van der Waals surface area contributed by atoms with Crippen molar-refractivity contribution in [3.63, 3.8) is 0 Å². The Morgan fingerprint density at radius 1 is 1.39 bits per heavy atom. The third-order valence-electron chi connectivity index (χ3n) is 3.06. The van der Waals surface area contributed by atoms with Crippen molar-refractivity contribution < 1.29 is 19.1 Å². The van der Waals surface area contributed by atoms with Gasteiger partial charge in [0.2, 0.25) is 5.91 Å². The van der Waals surface area contributed by atoms with Crippen LogP contribution in [0.4, 0.5) is 0 Å². The lowest BCUT2D eigenvalue weighted by Crippen LogP contribution is -2.36. The minimum atomic E-state index is -0.343. The topological polar surface area (TPSA) is 55.8 Å². The van der Waals surface area contributed by atoms with Crippen LogP contribution >= 0.6 is 0 Å². The summed E-state index contributed by atoms with van der Waals surface area (Å²) >= 11 is 0. The Balaban J connectivity index is 2.29. The molecule has 1 heterocycles. The first kappa shape index (κ1) is 15.0. The number of carbonyl (C=O) groups excluding carboxylic acids is 2. The minimum absolute atomic E-state index is 0.000975. The van der Waals surface area contributed by atoms with Crippen LogP contribution in [0.25, 0.3) is 0 Å². The van der Waals surface area contributed by atoms with Gasteiger partial charge in [0.1, 0.15) is 6.54 Å². The number of hydrogen-bond acceptors (Lipinski definition) is 4. The first-order valence-corrected chi connectivity index (χ1v) is 6.72. The van der Waals surface area contributed by atoms with Gasteiger partial charge >= 0.3 is 5.97 Å². The molecule has 0 aromatic heterocycles. The van der Waals surface area contributed by atoms with Crippen LogP contribution in [0.1, 0.15) is 39.5 Å². The fourth-order valence-electron chi connectivity index (χ4n) is 2.05. The molecule has 5 heteroatoms. The lowest BCUT2D eigenvalue weighted by molar-refractivity contribution is -0.149. The summed E-state index contributed by atoms with van der Waals surface area (Å²) in [7, 11) is 0. The van der Waals surface area contributed by atoms with Gasteiger partial charge in [0.15, 0.2) is 0 Å². The van der Waals surface area contributed by atoms with Crippen LogP contribution in [0.5, 0.6) is 0 Å². The predicted octanol–water partition coefficient (Wildman–Crippen LogP) is 1.36. The molecule has 1 saturated heterocycles. The van der Waals surface area contributed by atoms with E-state index in [0.717, 1.165) is 25.9 Å². The van der Waals surface area contributed by atoms with Crippen LogP contribution < -0.4 is 0 Å². The van der Waals surface area contributed by atoms with Gasteiger partial charge in [0.05, 0.1) is 12.7 Å². The monoisotopic (exact) mass is 257 g/mol. The van der Waals surface area contributed by atoms with Gasteiger partial charge in [0, 0.05) is 19.6 Å². The molecular formula is C13H23NO4. The van der Waals surface area contributed by atoms with Crippen LogP contribution in [-0.2, 0) is 19.1 Å². The lowest BCUT2D eigenvalue weighted by Gasteiger charge is -2.20. The summed E-state index contributed by atoms with van der Waals surface area (Å²) in [5, 5.41) is 0. The van der Waals surface area contributed by atoms with E-state index in [4.69, 9.17) is 9.47 Å². The van der Waals surface area contributed by atoms with Crippen molar-refractivity contribution in [3.05, 3.63) is 0 Å². The van der Waals surface area contributed by atoms with Crippen LogP contribution in [0, 0.1) is 0 Å². The largest absolute Gasteiger partial charge is 0.465 e. The quantitative estimate of drug-likeness (QED) is 0.646. The average molecular weight is 257 g/mol. The second-order valence-electron chi connectivity index (χ2n) is 4.39. The highest BCUT2D eigenvalue weighted by Crippen LogP contribution is 2.17. The van der Waals surface area contributed by atoms with E-state index >= 15 is 0 Å². The van der Waals surface area contributed by atoms with Crippen molar-refractivity contribution in [2.75, 3.05) is 26.3 Å². The van der Waals surface area contributed by atoms with E-state index in [1.54, 1.807) is 6.92 Å². The van der Waals surface area contributed by atoms with Gasteiger partial charge < -0.3 is 14.4 Å². The molecule has 0 aromatic rings. The molecule has 1 unspecified atom stereocenters. The maximum atomic E-state index is 11.9. The van der Waals surface area contributed by atoms with Crippen LogP contribution in [0.15, 0.2) is 0 Å². The second-order valence-corrected chi connectivity index (χ2v) is 4.39. The molecule has 1 rings (SSSR count). The summed E-state index contributed by atoms with van der Waals surface area (Å²) in [4.78, 5) is 24.8. The van der Waals surface area contributed by atoms with Crippen molar-refractivity contribution >= 4 is 11.9 Å². The molecule has 0 spiro atoms. The zero-order chi connectivity index (χ0) is 13.4. The molecule has 1 fully saturated rings. The number of carbonyl (C=O) groups is 2. The van der Waals surface area contributed by atoms with Gasteiger partial charge in [-0.2, -0.15) is 0 Å². The molecule has 0 radical (unpaired) electrons. The number of rotatable bonds is 7. The lowest BCUT2D eigenvalue weighted by atomic mass is 10.1. The summed E-state index contributed by atoms with van der Waals surface area (Å²) in [6, 6.07) is 0. The zero-order valence-electron chi connectivity index (χ0n) is 11.3. The normalized spacial score (nSPS) is 18.7. The van der Waals surface area contributed by atoms with Gasteiger partial charge in [-0.15, -0.1) is 0 Å². The minimum Gasteiger partial charge on any atom is -0.465 e. The number of amides is 1. The summed E-state index contributed by atoms with van der Waals surface area (Å²) < 4.78 is 10.3. The molecule has 18 heavy (non-hydrogen) atoms. The van der Waals surface area contributed by atoms with Crippen molar-refractivity contribution in [2.24, 2.45) is 0 Å². The van der Waals surface area contributed by atoms with Gasteiger partial charge in [-0.3, -0.25) is 9.59 Å². The standard InChI is InChI=1S/C13H23NO4/c1-3-14(10-13(16)17-4-2)12(15)8-7-11-6-5-9-18-11/h11H,3-10H2,1-2H3. The fourth-order valence-corrected chi connectivity index (χ4v) is 2.05. The SMILES string of the molecule is CCOC(=O)CN(CC)C(=O)CCC1CCCO1. The molecule has 1 atom stereocenters. The fraction of sp³-hybridized carbons (Fsp3) is 0.846. The molecule has 1 amide bonds. The van der Waals surface area contributed by atoms with E-state index in [2.05, 4.69) is 0 Å². The summed E-state index contributed by atoms with van der Waals surface area (Å²) in [5.41, 5.74) is 0. The highest BCUT2D eigenvalue weighted by Gasteiger charge is 2.20. The maximum Gasteiger partial charge on any atom is 0.325 e. The van der Waals surface area contributed by atoms with E-state index in [9.17, 15) is 9.59 Å². The second kappa shape index (κ2) is 8.08. The molecule has 1 aliphatic rings. The highest BCUT2D eigenvalue weighted by molar-refractivity contribution is 5.82. The van der Waals surface area contributed by atoms with Gasteiger partial charge in [-0.1, -0.05) is 0 Å². The zero-order valence-corrected chi connectivity index (χ0v) is 11.3. The molecule has 104 valence electrons. The Bertz CT molecular complexity index is 274. The Kier molecular flexibility index (Phi) is 6.72. The molecule has 0 bridgehead atoms. The van der Waals surface area contributed by atoms with Gasteiger partial charge in [-0.25, -0.2) is 0 Å². The Hall–Kier alpha value is -1.10. The Morgan fingerprint density at radius 2 is 2.17 bits per heavy atom. The van der Waals surface area contributed by atoms with Crippen LogP contribution in [0.3, 0.4) is 0 Å². The summed E-state index contributed by atoms with van der Waals surface area (Å²) in [6.45, 7) is 5.36. The van der Waals surface area contributed by atoms with Crippen molar-refractivity contribution in [1.82, 2.24) is 4.90 Å². The molecule has 0 saturated carbocycles. The van der Waals surface area contributed by atoms with Gasteiger partial charge in [0.25, 0.3) is 0 Å². The third kappa shape index (κ3) is 5.04. The Morgan fingerprint density at radius 3 is 2.72 bits per heavy atom. The number of likely N-dealkylation sites (N-methyl/N-ethyl adjacent to an activating group) is 1. The summed E-state index contributed by atoms with van der Waals surface area (Å²) in [5.74, 6) is -0.342. The highest BCUT2D eigenvalue weighted by atomic mass is 16.5. The van der Waals surface area contributed by atoms with Crippen LogP contribution in [0.2, 0.25) is 0 Å².